The van der Waals surface area contributed by atoms with Crippen molar-refractivity contribution < 1.29 is 28.8 Å². The summed E-state index contributed by atoms with van der Waals surface area (Å²) in [7, 11) is 0. The zero-order valence-electron chi connectivity index (χ0n) is 14.4. The van der Waals surface area contributed by atoms with Crippen LogP contribution in [0.5, 0.6) is 0 Å². The number of carbonyl (C=O) groups excluding carboxylic acids is 1. The monoisotopic (exact) mass is 346 g/mol. The van der Waals surface area contributed by atoms with Gasteiger partial charge in [-0.25, -0.2) is 4.79 Å². The van der Waals surface area contributed by atoms with Gasteiger partial charge in [0.2, 0.25) is 0 Å². The predicted molar refractivity (Wildman–Crippen MR) is 82.5 cm³/mol. The van der Waals surface area contributed by atoms with E-state index in [1.54, 1.807) is 0 Å². The average Bonchev–Trinajstić information content (AvgIpc) is 3.46. The Hall–Kier alpha value is -0.950. The first-order valence-electron chi connectivity index (χ1n) is 9.59. The molecule has 2 unspecified atom stereocenters. The fourth-order valence-electron chi connectivity index (χ4n) is 7.24. The van der Waals surface area contributed by atoms with Crippen molar-refractivity contribution in [3.05, 3.63) is 11.1 Å². The molecule has 0 amide bonds. The van der Waals surface area contributed by atoms with E-state index >= 15 is 0 Å². The minimum absolute atomic E-state index is 0.00271. The number of hydrogen-bond acceptors (Lipinski definition) is 6. The molecule has 0 aromatic heterocycles. The van der Waals surface area contributed by atoms with Crippen molar-refractivity contribution >= 4 is 5.97 Å². The lowest BCUT2D eigenvalue weighted by molar-refractivity contribution is -0.136. The van der Waals surface area contributed by atoms with E-state index in [2.05, 4.69) is 13.8 Å². The number of ether oxygens (including phenoxy) is 4. The molecule has 4 aliphatic heterocycles. The molecule has 0 aromatic rings. The number of hydrogen-bond donors (Lipinski definition) is 1. The Morgan fingerprint density at radius 2 is 2.00 bits per heavy atom. The first kappa shape index (κ1) is 14.2. The zero-order valence-corrected chi connectivity index (χ0v) is 14.4. The second-order valence-corrected chi connectivity index (χ2v) is 9.25. The highest BCUT2D eigenvalue weighted by atomic mass is 16.7. The standard InChI is InChI=1S/C19H22O6/c1-7(2)17-13(24-17)14-18(25-14)11-4-3-8-10(6-22-15(8)20)9(11)5-12-19(18,23-12)16(17)21/h7,9,11-14,16,21H,3-6H2,1-2H3/t9?,11?,12-,13-,14-,16+,17-,18-,19+/m0/s1. The molecule has 3 saturated heterocycles. The van der Waals surface area contributed by atoms with Gasteiger partial charge in [-0.3, -0.25) is 0 Å². The molecule has 2 saturated carbocycles. The third-order valence-electron chi connectivity index (χ3n) is 8.44. The summed E-state index contributed by atoms with van der Waals surface area (Å²) in [6.07, 6.45) is 1.88. The average molecular weight is 346 g/mol. The van der Waals surface area contributed by atoms with Gasteiger partial charge in [0.15, 0.2) is 5.60 Å². The molecule has 1 N–H and O–H groups in total. The number of carbonyl (C=O) groups is 1. The lowest BCUT2D eigenvalue weighted by Gasteiger charge is -2.46. The van der Waals surface area contributed by atoms with Crippen LogP contribution in [0, 0.1) is 17.8 Å². The van der Waals surface area contributed by atoms with Crippen LogP contribution >= 0.6 is 0 Å². The highest BCUT2D eigenvalue weighted by molar-refractivity contribution is 5.92. The van der Waals surface area contributed by atoms with Crippen LogP contribution in [0.4, 0.5) is 0 Å². The maximum absolute atomic E-state index is 12.0. The summed E-state index contributed by atoms with van der Waals surface area (Å²) in [5.74, 6) is 0.654. The first-order chi connectivity index (χ1) is 12.0. The third kappa shape index (κ3) is 1.18. The molecule has 2 spiro atoms. The first-order valence-corrected chi connectivity index (χ1v) is 9.59. The van der Waals surface area contributed by atoms with Crippen molar-refractivity contribution in [3.8, 4) is 0 Å². The molecule has 7 rings (SSSR count). The van der Waals surface area contributed by atoms with Crippen molar-refractivity contribution in [2.24, 2.45) is 17.8 Å². The van der Waals surface area contributed by atoms with Crippen LogP contribution in [0.1, 0.15) is 33.1 Å². The molecule has 6 nitrogen and oxygen atoms in total. The molecule has 134 valence electrons. The van der Waals surface area contributed by atoms with Gasteiger partial charge in [-0.2, -0.15) is 0 Å². The molecule has 0 aromatic carbocycles. The summed E-state index contributed by atoms with van der Waals surface area (Å²) >= 11 is 0. The number of epoxide rings is 3. The van der Waals surface area contributed by atoms with Crippen LogP contribution < -0.4 is 0 Å². The predicted octanol–water partition coefficient (Wildman–Crippen LogP) is 0.713. The fraction of sp³-hybridized carbons (Fsp3) is 0.842. The van der Waals surface area contributed by atoms with Crippen molar-refractivity contribution in [2.45, 2.75) is 74.3 Å². The van der Waals surface area contributed by atoms with Gasteiger partial charge in [-0.05, 0) is 36.7 Å². The van der Waals surface area contributed by atoms with E-state index in [0.717, 1.165) is 24.8 Å². The Morgan fingerprint density at radius 3 is 2.80 bits per heavy atom. The van der Waals surface area contributed by atoms with Crippen LogP contribution in [0.25, 0.3) is 0 Å². The number of aliphatic hydroxyl groups excluding tert-OH is 1. The Balaban J connectivity index is 1.35. The van der Waals surface area contributed by atoms with Crippen LogP contribution in [-0.2, 0) is 23.7 Å². The number of rotatable bonds is 1. The van der Waals surface area contributed by atoms with Gasteiger partial charge in [-0.1, -0.05) is 13.8 Å². The van der Waals surface area contributed by atoms with E-state index in [0.29, 0.717) is 6.61 Å². The molecule has 0 radical (unpaired) electrons. The molecule has 3 aliphatic carbocycles. The van der Waals surface area contributed by atoms with Gasteiger partial charge in [-0.15, -0.1) is 0 Å². The van der Waals surface area contributed by atoms with Crippen molar-refractivity contribution in [1.29, 1.82) is 0 Å². The van der Waals surface area contributed by atoms with Gasteiger partial charge >= 0.3 is 5.97 Å². The normalized spacial score (nSPS) is 62.2. The molecule has 9 atom stereocenters. The Labute approximate surface area is 145 Å². The van der Waals surface area contributed by atoms with Gasteiger partial charge in [0.05, 0.1) is 6.10 Å². The summed E-state index contributed by atoms with van der Waals surface area (Å²) in [6.45, 7) is 4.64. The highest BCUT2D eigenvalue weighted by Crippen LogP contribution is 2.79. The van der Waals surface area contributed by atoms with Crippen LogP contribution in [0.2, 0.25) is 0 Å². The van der Waals surface area contributed by atoms with E-state index in [1.165, 1.54) is 5.57 Å². The summed E-state index contributed by atoms with van der Waals surface area (Å²) in [5, 5.41) is 11.3. The smallest absolute Gasteiger partial charge is 0.334 e. The SMILES string of the molecule is CC(C)[C@]12O[C@H]1[C@@H]1O[C@@]13C1CCC4=C(COC4=O)C1C[C@@H]1O[C@@]13[C@@H]2O. The largest absolute Gasteiger partial charge is 0.458 e. The molecule has 6 heteroatoms. The number of cyclic esters (lactones) is 1. The molecular formula is C19H22O6. The van der Waals surface area contributed by atoms with E-state index in [9.17, 15) is 9.90 Å². The quantitative estimate of drug-likeness (QED) is 0.556. The second kappa shape index (κ2) is 3.70. The van der Waals surface area contributed by atoms with E-state index in [4.69, 9.17) is 18.9 Å². The fourth-order valence-corrected chi connectivity index (χ4v) is 7.24. The molecular weight excluding hydrogens is 324 g/mol. The molecule has 5 fully saturated rings. The minimum Gasteiger partial charge on any atom is -0.458 e. The maximum atomic E-state index is 12.0. The van der Waals surface area contributed by atoms with E-state index < -0.39 is 22.9 Å². The van der Waals surface area contributed by atoms with Gasteiger partial charge in [0.1, 0.15) is 36.1 Å². The third-order valence-corrected chi connectivity index (χ3v) is 8.44. The molecule has 4 heterocycles. The number of aliphatic hydroxyl groups is 1. The van der Waals surface area contributed by atoms with Crippen molar-refractivity contribution in [3.63, 3.8) is 0 Å². The zero-order chi connectivity index (χ0) is 16.9. The molecule has 0 bridgehead atoms. The van der Waals surface area contributed by atoms with Gasteiger partial charge < -0.3 is 24.1 Å². The Bertz CT molecular complexity index is 774. The molecule has 7 aliphatic rings. The van der Waals surface area contributed by atoms with Crippen LogP contribution in [-0.4, -0.2) is 58.9 Å². The van der Waals surface area contributed by atoms with E-state index in [1.807, 2.05) is 0 Å². The van der Waals surface area contributed by atoms with Gasteiger partial charge in [0.25, 0.3) is 0 Å². The second-order valence-electron chi connectivity index (χ2n) is 9.25. The lowest BCUT2D eigenvalue weighted by Crippen LogP contribution is -2.65. The highest BCUT2D eigenvalue weighted by Gasteiger charge is 2.98. The van der Waals surface area contributed by atoms with Crippen LogP contribution in [0.15, 0.2) is 11.1 Å². The molecule has 25 heavy (non-hydrogen) atoms. The summed E-state index contributed by atoms with van der Waals surface area (Å²) in [4.78, 5) is 12.0. The summed E-state index contributed by atoms with van der Waals surface area (Å²) in [6, 6.07) is 0. The Kier molecular flexibility index (Phi) is 2.09. The van der Waals surface area contributed by atoms with Crippen LogP contribution in [0.3, 0.4) is 0 Å². The summed E-state index contributed by atoms with van der Waals surface area (Å²) < 4.78 is 24.1. The van der Waals surface area contributed by atoms with Crippen molar-refractivity contribution in [2.75, 3.05) is 6.61 Å². The Morgan fingerprint density at radius 1 is 1.16 bits per heavy atom. The number of esters is 1. The minimum atomic E-state index is -0.633. The maximum Gasteiger partial charge on any atom is 0.334 e. The van der Waals surface area contributed by atoms with E-state index in [-0.39, 0.29) is 42.0 Å². The lowest BCUT2D eigenvalue weighted by atomic mass is 9.53. The topological polar surface area (TPSA) is 84.1 Å². The van der Waals surface area contributed by atoms with Crippen molar-refractivity contribution in [1.82, 2.24) is 0 Å². The van der Waals surface area contributed by atoms with Gasteiger partial charge in [0, 0.05) is 11.5 Å². The number of fused-ring (bicyclic) bond motifs is 4. The summed E-state index contributed by atoms with van der Waals surface area (Å²) in [5.41, 5.74) is 0.526.